The normalized spacial score (nSPS) is 18.1. The molecule has 5 nitrogen and oxygen atoms in total. The third-order valence-corrected chi connectivity index (χ3v) is 5.36. The van der Waals surface area contributed by atoms with Gasteiger partial charge in [0.05, 0.1) is 0 Å². The first-order valence-electron chi connectivity index (χ1n) is 9.93. The first kappa shape index (κ1) is 18.9. The zero-order valence-corrected chi connectivity index (χ0v) is 16.1. The number of amides is 2. The second-order valence-electron chi connectivity index (χ2n) is 7.85. The molecule has 0 aromatic heterocycles. The van der Waals surface area contributed by atoms with E-state index >= 15 is 0 Å². The maximum Gasteiger partial charge on any atom is 0.228 e. The molecule has 142 valence electrons. The van der Waals surface area contributed by atoms with Crippen molar-refractivity contribution in [2.45, 2.75) is 39.5 Å². The number of nitrogens with zero attached hydrogens (tertiary/aromatic N) is 3. The summed E-state index contributed by atoms with van der Waals surface area (Å²) in [5, 5.41) is 0. The van der Waals surface area contributed by atoms with Gasteiger partial charge in [-0.3, -0.25) is 14.5 Å². The average Bonchev–Trinajstić information content (AvgIpc) is 2.65. The standard InChI is InChI=1S/C21H31N3O2/c1-17(2)16-21(26)23-14-12-22(13-15-23)11-9-20(25)24-10-5-7-18-6-3-4-8-19(18)24/h3-4,6,8,17H,5,7,9-16H2,1-2H3. The van der Waals surface area contributed by atoms with Crippen LogP contribution in [0, 0.1) is 5.92 Å². The van der Waals surface area contributed by atoms with Crippen molar-refractivity contribution in [2.75, 3.05) is 44.2 Å². The highest BCUT2D eigenvalue weighted by Crippen LogP contribution is 2.27. The summed E-state index contributed by atoms with van der Waals surface area (Å²) in [7, 11) is 0. The van der Waals surface area contributed by atoms with Gasteiger partial charge in [0.15, 0.2) is 0 Å². The van der Waals surface area contributed by atoms with Crippen LogP contribution in [0.3, 0.4) is 0 Å². The van der Waals surface area contributed by atoms with Crippen molar-refractivity contribution < 1.29 is 9.59 Å². The number of piperazine rings is 1. The van der Waals surface area contributed by atoms with Crippen LogP contribution < -0.4 is 4.90 Å². The van der Waals surface area contributed by atoms with E-state index in [9.17, 15) is 9.59 Å². The smallest absolute Gasteiger partial charge is 0.228 e. The molecule has 5 heteroatoms. The first-order chi connectivity index (χ1) is 12.5. The van der Waals surface area contributed by atoms with Crippen LogP contribution in [-0.4, -0.2) is 60.9 Å². The lowest BCUT2D eigenvalue weighted by atomic mass is 10.0. The van der Waals surface area contributed by atoms with Crippen LogP contribution in [0.2, 0.25) is 0 Å². The number of carbonyl (C=O) groups is 2. The minimum absolute atomic E-state index is 0.218. The molecule has 26 heavy (non-hydrogen) atoms. The van der Waals surface area contributed by atoms with Gasteiger partial charge in [0.1, 0.15) is 0 Å². The van der Waals surface area contributed by atoms with Crippen LogP contribution in [0.5, 0.6) is 0 Å². The molecule has 0 aliphatic carbocycles. The number of anilines is 1. The largest absolute Gasteiger partial charge is 0.340 e. The highest BCUT2D eigenvalue weighted by molar-refractivity contribution is 5.94. The Morgan fingerprint density at radius 2 is 1.73 bits per heavy atom. The number of hydrogen-bond donors (Lipinski definition) is 0. The van der Waals surface area contributed by atoms with Crippen molar-refractivity contribution in [1.82, 2.24) is 9.80 Å². The Bertz CT molecular complexity index is 636. The maximum absolute atomic E-state index is 12.7. The number of fused-ring (bicyclic) bond motifs is 1. The number of carbonyl (C=O) groups excluding carboxylic acids is 2. The summed E-state index contributed by atoms with van der Waals surface area (Å²) < 4.78 is 0. The lowest BCUT2D eigenvalue weighted by molar-refractivity contribution is -0.134. The molecular formula is C21H31N3O2. The average molecular weight is 357 g/mol. The van der Waals surface area contributed by atoms with E-state index in [0.717, 1.165) is 57.8 Å². The molecule has 0 bridgehead atoms. The second-order valence-corrected chi connectivity index (χ2v) is 7.85. The summed E-state index contributed by atoms with van der Waals surface area (Å²) in [4.78, 5) is 31.1. The molecule has 1 saturated heterocycles. The van der Waals surface area contributed by atoms with Gasteiger partial charge in [-0.25, -0.2) is 0 Å². The van der Waals surface area contributed by atoms with Gasteiger partial charge in [0.2, 0.25) is 11.8 Å². The highest BCUT2D eigenvalue weighted by Gasteiger charge is 2.24. The maximum atomic E-state index is 12.7. The molecule has 0 spiro atoms. The predicted molar refractivity (Wildman–Crippen MR) is 104 cm³/mol. The Morgan fingerprint density at radius 1 is 1.00 bits per heavy atom. The Morgan fingerprint density at radius 3 is 2.46 bits per heavy atom. The topological polar surface area (TPSA) is 43.9 Å². The van der Waals surface area contributed by atoms with Crippen LogP contribution in [0.15, 0.2) is 24.3 Å². The van der Waals surface area contributed by atoms with Gasteiger partial charge in [0.25, 0.3) is 0 Å². The Labute approximate surface area is 156 Å². The number of para-hydroxylation sites is 1. The van der Waals surface area contributed by atoms with Crippen LogP contribution in [0.4, 0.5) is 5.69 Å². The molecular weight excluding hydrogens is 326 g/mol. The van der Waals surface area contributed by atoms with E-state index in [-0.39, 0.29) is 11.8 Å². The number of rotatable bonds is 5. The summed E-state index contributed by atoms with van der Waals surface area (Å²) in [6.45, 7) is 9.08. The molecule has 2 aliphatic heterocycles. The monoisotopic (exact) mass is 357 g/mol. The molecule has 0 saturated carbocycles. The Hall–Kier alpha value is -1.88. The van der Waals surface area contributed by atoms with E-state index in [1.165, 1.54) is 5.56 Å². The Kier molecular flexibility index (Phi) is 6.30. The summed E-state index contributed by atoms with van der Waals surface area (Å²) in [5.74, 6) is 0.890. The van der Waals surface area contributed by atoms with Gasteiger partial charge in [0, 0.05) is 57.8 Å². The summed E-state index contributed by atoms with van der Waals surface area (Å²) in [6, 6.07) is 8.25. The molecule has 1 aromatic rings. The fraction of sp³-hybridized carbons (Fsp3) is 0.619. The fourth-order valence-electron chi connectivity index (χ4n) is 3.88. The molecule has 0 radical (unpaired) electrons. The molecule has 1 fully saturated rings. The Balaban J connectivity index is 1.46. The third kappa shape index (κ3) is 4.64. The predicted octanol–water partition coefficient (Wildman–Crippen LogP) is 2.55. The molecule has 1 aromatic carbocycles. The van der Waals surface area contributed by atoms with Gasteiger partial charge < -0.3 is 9.80 Å². The zero-order valence-electron chi connectivity index (χ0n) is 16.1. The lowest BCUT2D eigenvalue weighted by Crippen LogP contribution is -2.49. The van der Waals surface area contributed by atoms with Crippen molar-refractivity contribution >= 4 is 17.5 Å². The van der Waals surface area contributed by atoms with E-state index in [0.29, 0.717) is 18.8 Å². The van der Waals surface area contributed by atoms with E-state index < -0.39 is 0 Å². The van der Waals surface area contributed by atoms with Crippen molar-refractivity contribution in [3.63, 3.8) is 0 Å². The van der Waals surface area contributed by atoms with E-state index in [4.69, 9.17) is 0 Å². The number of hydrogen-bond acceptors (Lipinski definition) is 3. The molecule has 0 atom stereocenters. The minimum atomic E-state index is 0.218. The minimum Gasteiger partial charge on any atom is -0.340 e. The van der Waals surface area contributed by atoms with Crippen molar-refractivity contribution in [3.05, 3.63) is 29.8 Å². The van der Waals surface area contributed by atoms with Crippen molar-refractivity contribution in [1.29, 1.82) is 0 Å². The van der Waals surface area contributed by atoms with Gasteiger partial charge >= 0.3 is 0 Å². The quantitative estimate of drug-likeness (QED) is 0.813. The van der Waals surface area contributed by atoms with Crippen LogP contribution >= 0.6 is 0 Å². The van der Waals surface area contributed by atoms with Crippen LogP contribution in [0.1, 0.15) is 38.7 Å². The molecule has 0 unspecified atom stereocenters. The SMILES string of the molecule is CC(C)CC(=O)N1CCN(CCC(=O)N2CCCc3ccccc32)CC1. The van der Waals surface area contributed by atoms with Crippen LogP contribution in [-0.2, 0) is 16.0 Å². The van der Waals surface area contributed by atoms with Crippen LogP contribution in [0.25, 0.3) is 0 Å². The number of aryl methyl sites for hydroxylation is 1. The van der Waals surface area contributed by atoms with Gasteiger partial charge in [-0.15, -0.1) is 0 Å². The van der Waals surface area contributed by atoms with Gasteiger partial charge in [-0.2, -0.15) is 0 Å². The fourth-order valence-corrected chi connectivity index (χ4v) is 3.88. The van der Waals surface area contributed by atoms with E-state index in [1.54, 1.807) is 0 Å². The zero-order chi connectivity index (χ0) is 18.5. The van der Waals surface area contributed by atoms with Gasteiger partial charge in [-0.1, -0.05) is 32.0 Å². The first-order valence-corrected chi connectivity index (χ1v) is 9.93. The third-order valence-electron chi connectivity index (χ3n) is 5.36. The van der Waals surface area contributed by atoms with Crippen molar-refractivity contribution in [3.8, 4) is 0 Å². The molecule has 2 amide bonds. The second kappa shape index (κ2) is 8.67. The molecule has 0 N–H and O–H groups in total. The highest BCUT2D eigenvalue weighted by atomic mass is 16.2. The summed E-state index contributed by atoms with van der Waals surface area (Å²) in [5.41, 5.74) is 2.37. The van der Waals surface area contributed by atoms with Gasteiger partial charge in [-0.05, 0) is 30.4 Å². The lowest BCUT2D eigenvalue weighted by Gasteiger charge is -2.35. The molecule has 2 heterocycles. The van der Waals surface area contributed by atoms with E-state index in [2.05, 4.69) is 30.9 Å². The number of benzene rings is 1. The van der Waals surface area contributed by atoms with E-state index in [1.807, 2.05) is 21.9 Å². The summed E-state index contributed by atoms with van der Waals surface area (Å²) >= 11 is 0. The molecule has 3 rings (SSSR count). The van der Waals surface area contributed by atoms with Crippen molar-refractivity contribution in [2.24, 2.45) is 5.92 Å². The summed E-state index contributed by atoms with van der Waals surface area (Å²) in [6.07, 6.45) is 3.28. The molecule has 2 aliphatic rings.